The second-order valence-electron chi connectivity index (χ2n) is 7.03. The van der Waals surface area contributed by atoms with E-state index in [0.717, 1.165) is 6.54 Å². The average molecular weight is 308 g/mol. The molecule has 0 bridgehead atoms. The molecule has 0 aromatic carbocycles. The molecule has 1 aliphatic rings. The Hall–Kier alpha value is -0.870. The highest BCUT2D eigenvalue weighted by atomic mass is 32.1. The van der Waals surface area contributed by atoms with Crippen LogP contribution in [0.1, 0.15) is 63.8 Å². The van der Waals surface area contributed by atoms with Crippen LogP contribution in [0.4, 0.5) is 0 Å². The fourth-order valence-electron chi connectivity index (χ4n) is 2.98. The van der Waals surface area contributed by atoms with Crippen molar-refractivity contribution < 1.29 is 4.79 Å². The minimum atomic E-state index is 0.0683. The van der Waals surface area contributed by atoms with Crippen LogP contribution in [0.15, 0.2) is 17.5 Å². The summed E-state index contributed by atoms with van der Waals surface area (Å²) in [5, 5.41) is 8.75. The second kappa shape index (κ2) is 7.41. The van der Waals surface area contributed by atoms with E-state index < -0.39 is 0 Å². The van der Waals surface area contributed by atoms with Crippen LogP contribution in [0.2, 0.25) is 0 Å². The summed E-state index contributed by atoms with van der Waals surface area (Å²) in [6.07, 6.45) is 5.63. The van der Waals surface area contributed by atoms with E-state index in [4.69, 9.17) is 0 Å². The number of nitrogens with one attached hydrogen (secondary N) is 2. The molecule has 118 valence electrons. The number of carbonyl (C=O) groups excluding carboxylic acids is 1. The fourth-order valence-corrected chi connectivity index (χ4v) is 3.85. The molecule has 2 N–H and O–H groups in total. The lowest BCUT2D eigenvalue weighted by molar-refractivity contribution is -0.122. The molecule has 21 heavy (non-hydrogen) atoms. The summed E-state index contributed by atoms with van der Waals surface area (Å²) in [4.78, 5) is 13.5. The number of amides is 1. The summed E-state index contributed by atoms with van der Waals surface area (Å²) in [7, 11) is 0. The summed E-state index contributed by atoms with van der Waals surface area (Å²) in [5.41, 5.74) is 0.0683. The van der Waals surface area contributed by atoms with Gasteiger partial charge in [0.15, 0.2) is 0 Å². The molecule has 1 amide bonds. The first-order chi connectivity index (χ1) is 9.96. The topological polar surface area (TPSA) is 41.1 Å². The van der Waals surface area contributed by atoms with Crippen LogP contribution >= 0.6 is 11.3 Å². The van der Waals surface area contributed by atoms with Gasteiger partial charge >= 0.3 is 0 Å². The molecule has 4 heteroatoms. The van der Waals surface area contributed by atoms with Gasteiger partial charge in [-0.05, 0) is 51.0 Å². The Balaban J connectivity index is 1.88. The summed E-state index contributed by atoms with van der Waals surface area (Å²) in [6.45, 7) is 7.10. The maximum atomic E-state index is 12.2. The van der Waals surface area contributed by atoms with Crippen molar-refractivity contribution in [3.63, 3.8) is 0 Å². The van der Waals surface area contributed by atoms with Gasteiger partial charge in [-0.1, -0.05) is 18.9 Å². The van der Waals surface area contributed by atoms with Gasteiger partial charge in [0.1, 0.15) is 0 Å². The third-order valence-corrected chi connectivity index (χ3v) is 5.00. The Labute approximate surface area is 132 Å². The van der Waals surface area contributed by atoms with Gasteiger partial charge in [0.05, 0.1) is 6.04 Å². The molecule has 0 aliphatic heterocycles. The SMILES string of the molecule is CC(C)(C)NCCC(=O)NC(c1cccs1)C1CCCC1. The van der Waals surface area contributed by atoms with E-state index >= 15 is 0 Å². The first-order valence-electron chi connectivity index (χ1n) is 8.03. The van der Waals surface area contributed by atoms with Crippen molar-refractivity contribution in [2.75, 3.05) is 6.54 Å². The van der Waals surface area contributed by atoms with E-state index in [-0.39, 0.29) is 17.5 Å². The van der Waals surface area contributed by atoms with E-state index in [1.807, 2.05) is 0 Å². The molecule has 1 aromatic rings. The molecule has 1 aromatic heterocycles. The Kier molecular flexibility index (Phi) is 5.82. The Morgan fingerprint density at radius 3 is 2.67 bits per heavy atom. The lowest BCUT2D eigenvalue weighted by atomic mass is 9.96. The Morgan fingerprint density at radius 1 is 1.38 bits per heavy atom. The van der Waals surface area contributed by atoms with Gasteiger partial charge in [-0.2, -0.15) is 0 Å². The van der Waals surface area contributed by atoms with Crippen molar-refractivity contribution in [2.45, 2.75) is 64.5 Å². The van der Waals surface area contributed by atoms with Crippen LogP contribution in [0.3, 0.4) is 0 Å². The normalized spacial score (nSPS) is 17.9. The van der Waals surface area contributed by atoms with Crippen molar-refractivity contribution in [1.29, 1.82) is 0 Å². The predicted octanol–water partition coefficient (Wildman–Crippen LogP) is 3.87. The molecule has 3 nitrogen and oxygen atoms in total. The van der Waals surface area contributed by atoms with Crippen LogP contribution in [0.5, 0.6) is 0 Å². The van der Waals surface area contributed by atoms with E-state index in [9.17, 15) is 4.79 Å². The standard InChI is InChI=1S/C17H28N2OS/c1-17(2,3)18-11-10-15(20)19-16(13-7-4-5-8-13)14-9-6-12-21-14/h6,9,12-13,16,18H,4-5,7-8,10-11H2,1-3H3,(H,19,20). The zero-order valence-corrected chi connectivity index (χ0v) is 14.3. The third-order valence-electron chi connectivity index (χ3n) is 4.04. The molecule has 1 fully saturated rings. The maximum absolute atomic E-state index is 12.2. The maximum Gasteiger partial charge on any atom is 0.221 e. The molecule has 2 rings (SSSR count). The van der Waals surface area contributed by atoms with Gasteiger partial charge in [-0.3, -0.25) is 4.79 Å². The van der Waals surface area contributed by atoms with E-state index in [1.54, 1.807) is 11.3 Å². The van der Waals surface area contributed by atoms with Crippen LogP contribution < -0.4 is 10.6 Å². The van der Waals surface area contributed by atoms with Gasteiger partial charge in [-0.15, -0.1) is 11.3 Å². The van der Waals surface area contributed by atoms with Gasteiger partial charge in [0.2, 0.25) is 5.91 Å². The van der Waals surface area contributed by atoms with Crippen molar-refractivity contribution in [3.05, 3.63) is 22.4 Å². The molecular formula is C17H28N2OS. The molecule has 1 aliphatic carbocycles. The average Bonchev–Trinajstić information content (AvgIpc) is 3.08. The summed E-state index contributed by atoms with van der Waals surface area (Å²) >= 11 is 1.76. The van der Waals surface area contributed by atoms with E-state index in [1.165, 1.54) is 30.6 Å². The molecule has 1 atom stereocenters. The molecule has 0 radical (unpaired) electrons. The van der Waals surface area contributed by atoms with Crippen LogP contribution in [-0.2, 0) is 4.79 Å². The first-order valence-corrected chi connectivity index (χ1v) is 8.91. The minimum absolute atomic E-state index is 0.0683. The summed E-state index contributed by atoms with van der Waals surface area (Å²) in [5.74, 6) is 0.778. The molecule has 0 saturated heterocycles. The van der Waals surface area contributed by atoms with Crippen molar-refractivity contribution in [1.82, 2.24) is 10.6 Å². The number of carbonyl (C=O) groups is 1. The lowest BCUT2D eigenvalue weighted by Crippen LogP contribution is -2.39. The lowest BCUT2D eigenvalue weighted by Gasteiger charge is -2.25. The highest BCUT2D eigenvalue weighted by molar-refractivity contribution is 7.10. The van der Waals surface area contributed by atoms with Crippen molar-refractivity contribution >= 4 is 17.2 Å². The van der Waals surface area contributed by atoms with Crippen LogP contribution in [0.25, 0.3) is 0 Å². The van der Waals surface area contributed by atoms with E-state index in [2.05, 4.69) is 48.9 Å². The van der Waals surface area contributed by atoms with E-state index in [0.29, 0.717) is 12.3 Å². The monoisotopic (exact) mass is 308 g/mol. The minimum Gasteiger partial charge on any atom is -0.348 e. The molecule has 0 spiro atoms. The van der Waals surface area contributed by atoms with Crippen LogP contribution in [-0.4, -0.2) is 18.0 Å². The number of hydrogen-bond donors (Lipinski definition) is 2. The number of hydrogen-bond acceptors (Lipinski definition) is 3. The van der Waals surface area contributed by atoms with Gasteiger partial charge in [0, 0.05) is 23.4 Å². The largest absolute Gasteiger partial charge is 0.348 e. The third kappa shape index (κ3) is 5.44. The molecule has 1 unspecified atom stereocenters. The number of thiophene rings is 1. The van der Waals surface area contributed by atoms with Crippen molar-refractivity contribution in [3.8, 4) is 0 Å². The highest BCUT2D eigenvalue weighted by Gasteiger charge is 2.28. The second-order valence-corrected chi connectivity index (χ2v) is 8.01. The quantitative estimate of drug-likeness (QED) is 0.837. The number of rotatable bonds is 6. The van der Waals surface area contributed by atoms with Gasteiger partial charge < -0.3 is 10.6 Å². The Morgan fingerprint density at radius 2 is 2.10 bits per heavy atom. The zero-order valence-electron chi connectivity index (χ0n) is 13.4. The summed E-state index contributed by atoms with van der Waals surface area (Å²) in [6, 6.07) is 4.45. The van der Waals surface area contributed by atoms with Crippen LogP contribution in [0, 0.1) is 5.92 Å². The first kappa shape index (κ1) is 16.5. The predicted molar refractivity (Wildman–Crippen MR) is 89.5 cm³/mol. The van der Waals surface area contributed by atoms with Crippen molar-refractivity contribution in [2.24, 2.45) is 5.92 Å². The highest BCUT2D eigenvalue weighted by Crippen LogP contribution is 2.37. The smallest absolute Gasteiger partial charge is 0.221 e. The van der Waals surface area contributed by atoms with Gasteiger partial charge in [0.25, 0.3) is 0 Å². The molecule has 1 saturated carbocycles. The van der Waals surface area contributed by atoms with Gasteiger partial charge in [-0.25, -0.2) is 0 Å². The fraction of sp³-hybridized carbons (Fsp3) is 0.706. The molecular weight excluding hydrogens is 280 g/mol. The Bertz CT molecular complexity index is 430. The molecule has 1 heterocycles. The zero-order chi connectivity index (χ0) is 15.3. The summed E-state index contributed by atoms with van der Waals surface area (Å²) < 4.78 is 0.